The molecule has 0 fully saturated rings. The lowest BCUT2D eigenvalue weighted by atomic mass is 9.86. The Labute approximate surface area is 293 Å². The summed E-state index contributed by atoms with van der Waals surface area (Å²) < 4.78 is 173. The predicted octanol–water partition coefficient (Wildman–Crippen LogP) is 9.79. The SMILES string of the molecule is CC(C)(C)Nc1ccc(Oc2ccc(NC(=O)c3cccc(C(=O)C(C)(C)C)c3)c(C(O)(C(F)(F)F)C(F)(F)F)c2)cc1C(O)(C(F)(F)F)C(F)(F)F. The second kappa shape index (κ2) is 13.7. The Balaban J connectivity index is 2.25. The first-order valence-electron chi connectivity index (χ1n) is 15.1. The fourth-order valence-electron chi connectivity index (χ4n) is 4.89. The summed E-state index contributed by atoms with van der Waals surface area (Å²) in [5.41, 5.74) is -20.2. The van der Waals surface area contributed by atoms with E-state index in [1.165, 1.54) is 53.7 Å². The zero-order chi connectivity index (χ0) is 41.0. The van der Waals surface area contributed by atoms with Crippen molar-refractivity contribution in [1.29, 1.82) is 0 Å². The summed E-state index contributed by atoms with van der Waals surface area (Å²) in [5, 5.41) is 24.6. The molecule has 3 aromatic rings. The number of hydrogen-bond donors (Lipinski definition) is 4. The monoisotopic (exact) mass is 776 g/mol. The lowest BCUT2D eigenvalue weighted by molar-refractivity contribution is -0.376. The Morgan fingerprint density at radius 2 is 0.962 bits per heavy atom. The standard InChI is InChI=1S/C34H32F12N2O5/c1-27(2,3)25(49)17-8-7-9-18(14-17)26(50)47-23-12-10-19(15-21(23)29(51,31(35,36)37)32(38,39)40)53-20-11-13-24(48-28(4,5)6)22(16-20)30(52,33(41,42)43)34(44,45)46/h7-16,48,51-52H,1-6H3,(H,47,50). The van der Waals surface area contributed by atoms with E-state index in [4.69, 9.17) is 4.74 Å². The summed E-state index contributed by atoms with van der Waals surface area (Å²) in [5.74, 6) is -3.97. The van der Waals surface area contributed by atoms with Crippen LogP contribution in [0.25, 0.3) is 0 Å². The molecule has 0 aliphatic carbocycles. The molecule has 292 valence electrons. The molecule has 0 aromatic heterocycles. The third-order valence-electron chi connectivity index (χ3n) is 7.46. The van der Waals surface area contributed by atoms with Gasteiger partial charge >= 0.3 is 24.7 Å². The molecular weight excluding hydrogens is 744 g/mol. The minimum absolute atomic E-state index is 0.0238. The lowest BCUT2D eigenvalue weighted by Gasteiger charge is -2.36. The lowest BCUT2D eigenvalue weighted by Crippen LogP contribution is -2.54. The molecule has 0 heterocycles. The van der Waals surface area contributed by atoms with Crippen LogP contribution in [0.4, 0.5) is 64.1 Å². The van der Waals surface area contributed by atoms with Crippen molar-refractivity contribution in [2.75, 3.05) is 10.6 Å². The van der Waals surface area contributed by atoms with E-state index >= 15 is 0 Å². The molecule has 0 radical (unpaired) electrons. The van der Waals surface area contributed by atoms with Crippen LogP contribution in [-0.4, -0.2) is 52.1 Å². The molecule has 0 bridgehead atoms. The number of rotatable bonds is 8. The molecule has 0 spiro atoms. The van der Waals surface area contributed by atoms with Crippen molar-refractivity contribution >= 4 is 23.1 Å². The van der Waals surface area contributed by atoms with Crippen LogP contribution in [0.2, 0.25) is 0 Å². The number of ketones is 1. The number of anilines is 2. The van der Waals surface area contributed by atoms with Crippen molar-refractivity contribution in [3.05, 3.63) is 82.9 Å². The van der Waals surface area contributed by atoms with Gasteiger partial charge in [0.05, 0.1) is 0 Å². The summed E-state index contributed by atoms with van der Waals surface area (Å²) in [6.45, 7) is 8.64. The summed E-state index contributed by atoms with van der Waals surface area (Å²) in [4.78, 5) is 25.8. The van der Waals surface area contributed by atoms with E-state index in [0.717, 1.165) is 12.1 Å². The van der Waals surface area contributed by atoms with Gasteiger partial charge in [-0.25, -0.2) is 0 Å². The maximum atomic E-state index is 14.1. The first kappa shape index (κ1) is 42.9. The van der Waals surface area contributed by atoms with Crippen molar-refractivity contribution in [2.45, 2.75) is 83.0 Å². The number of alkyl halides is 12. The molecule has 3 aromatic carbocycles. The molecule has 4 N–H and O–H groups in total. The Morgan fingerprint density at radius 3 is 1.36 bits per heavy atom. The molecule has 7 nitrogen and oxygen atoms in total. The minimum atomic E-state index is -6.55. The fourth-order valence-corrected chi connectivity index (χ4v) is 4.89. The van der Waals surface area contributed by atoms with Gasteiger partial charge in [0, 0.05) is 44.6 Å². The van der Waals surface area contributed by atoms with Crippen LogP contribution in [0.15, 0.2) is 60.7 Å². The van der Waals surface area contributed by atoms with Gasteiger partial charge in [-0.2, -0.15) is 52.7 Å². The van der Waals surface area contributed by atoms with Gasteiger partial charge < -0.3 is 25.6 Å². The van der Waals surface area contributed by atoms with Crippen LogP contribution < -0.4 is 15.4 Å². The minimum Gasteiger partial charge on any atom is -0.457 e. The van der Waals surface area contributed by atoms with Gasteiger partial charge in [0.15, 0.2) is 5.78 Å². The fraction of sp³-hybridized carbons (Fsp3) is 0.412. The zero-order valence-electron chi connectivity index (χ0n) is 28.4. The number of hydrogen-bond acceptors (Lipinski definition) is 6. The van der Waals surface area contributed by atoms with Crippen LogP contribution in [0.5, 0.6) is 11.5 Å². The van der Waals surface area contributed by atoms with E-state index in [1.807, 2.05) is 0 Å². The topological polar surface area (TPSA) is 108 Å². The first-order chi connectivity index (χ1) is 23.6. The highest BCUT2D eigenvalue weighted by molar-refractivity contribution is 6.07. The summed E-state index contributed by atoms with van der Waals surface area (Å²) in [6, 6.07) is 6.81. The number of nitrogens with one attached hydrogen (secondary N) is 2. The van der Waals surface area contributed by atoms with Crippen LogP contribution in [0.3, 0.4) is 0 Å². The van der Waals surface area contributed by atoms with Gasteiger partial charge in [-0.1, -0.05) is 32.9 Å². The van der Waals surface area contributed by atoms with Crippen LogP contribution in [0, 0.1) is 5.41 Å². The largest absolute Gasteiger partial charge is 0.457 e. The molecule has 53 heavy (non-hydrogen) atoms. The van der Waals surface area contributed by atoms with Crippen LogP contribution in [-0.2, 0) is 11.2 Å². The molecule has 0 aliphatic heterocycles. The average molecular weight is 777 g/mol. The van der Waals surface area contributed by atoms with E-state index in [9.17, 15) is 72.5 Å². The zero-order valence-corrected chi connectivity index (χ0v) is 28.4. The predicted molar refractivity (Wildman–Crippen MR) is 167 cm³/mol. The van der Waals surface area contributed by atoms with Crippen molar-refractivity contribution in [1.82, 2.24) is 0 Å². The quantitative estimate of drug-likeness (QED) is 0.134. The van der Waals surface area contributed by atoms with Gasteiger partial charge in [-0.05, 0) is 69.3 Å². The first-order valence-corrected chi connectivity index (χ1v) is 15.1. The molecule has 0 atom stereocenters. The van der Waals surface area contributed by atoms with Crippen LogP contribution in [0.1, 0.15) is 73.4 Å². The molecule has 0 aliphatic rings. The number of carbonyl (C=O) groups excluding carboxylic acids is 2. The summed E-state index contributed by atoms with van der Waals surface area (Å²) in [6.07, 6.45) is -25.9. The molecular formula is C34H32F12N2O5. The third kappa shape index (κ3) is 8.66. The molecule has 1 amide bonds. The third-order valence-corrected chi connectivity index (χ3v) is 7.46. The maximum absolute atomic E-state index is 14.1. The van der Waals surface area contributed by atoms with Gasteiger partial charge in [-0.15, -0.1) is 0 Å². The highest BCUT2D eigenvalue weighted by Gasteiger charge is 2.73. The van der Waals surface area contributed by atoms with E-state index in [-0.39, 0.29) is 17.7 Å². The van der Waals surface area contributed by atoms with E-state index < -0.39 is 98.1 Å². The second-order valence-electron chi connectivity index (χ2n) is 13.9. The molecule has 19 heteroatoms. The van der Waals surface area contributed by atoms with Crippen molar-refractivity contribution in [3.63, 3.8) is 0 Å². The number of benzene rings is 3. The number of ether oxygens (including phenoxy) is 1. The Kier molecular flexibility index (Phi) is 11.1. The van der Waals surface area contributed by atoms with E-state index in [0.29, 0.717) is 24.3 Å². The van der Waals surface area contributed by atoms with Crippen molar-refractivity contribution < 1.29 is 77.2 Å². The summed E-state index contributed by atoms with van der Waals surface area (Å²) in [7, 11) is 0. The van der Waals surface area contributed by atoms with Crippen molar-refractivity contribution in [2.24, 2.45) is 5.41 Å². The number of halogens is 12. The molecule has 0 saturated heterocycles. The number of carbonyl (C=O) groups is 2. The van der Waals surface area contributed by atoms with Crippen LogP contribution >= 0.6 is 0 Å². The van der Waals surface area contributed by atoms with E-state index in [1.54, 1.807) is 5.32 Å². The second-order valence-corrected chi connectivity index (χ2v) is 13.9. The van der Waals surface area contributed by atoms with Crippen molar-refractivity contribution in [3.8, 4) is 11.5 Å². The average Bonchev–Trinajstić information content (AvgIpc) is 2.98. The Bertz CT molecular complexity index is 1820. The molecule has 0 saturated carbocycles. The maximum Gasteiger partial charge on any atom is 0.430 e. The smallest absolute Gasteiger partial charge is 0.430 e. The highest BCUT2D eigenvalue weighted by atomic mass is 19.4. The van der Waals surface area contributed by atoms with Gasteiger partial charge in [0.2, 0.25) is 0 Å². The van der Waals surface area contributed by atoms with Gasteiger partial charge in [0.1, 0.15) is 11.5 Å². The number of Topliss-reactive ketones (excluding diaryl/α,β-unsaturated/α-hetero) is 1. The van der Waals surface area contributed by atoms with Gasteiger partial charge in [-0.3, -0.25) is 9.59 Å². The molecule has 0 unspecified atom stereocenters. The normalized spacial score (nSPS) is 13.8. The molecule has 3 rings (SSSR count). The summed E-state index contributed by atoms with van der Waals surface area (Å²) >= 11 is 0. The van der Waals surface area contributed by atoms with E-state index in [2.05, 4.69) is 5.32 Å². The highest BCUT2D eigenvalue weighted by Crippen LogP contribution is 2.54. The number of aliphatic hydroxyl groups is 2. The van der Waals surface area contributed by atoms with Gasteiger partial charge in [0.25, 0.3) is 17.1 Å². The number of amides is 1. The Morgan fingerprint density at radius 1 is 0.566 bits per heavy atom. The Hall–Kier alpha value is -4.52.